The van der Waals surface area contributed by atoms with E-state index in [2.05, 4.69) is 13.8 Å². The minimum Gasteiger partial charge on any atom is -0.462 e. The Morgan fingerprint density at radius 1 is 0.500 bits per heavy atom. The Hall–Kier alpha value is -1.35. The number of carbonyl (C=O) groups excluding carboxylic acids is 2. The Morgan fingerprint density at radius 2 is 0.850 bits per heavy atom. The van der Waals surface area contributed by atoms with E-state index >= 15 is 0 Å². The van der Waals surface area contributed by atoms with Crippen LogP contribution in [-0.2, 0) is 38.7 Å². The summed E-state index contributed by atoms with van der Waals surface area (Å²) in [7, 11) is -4.60. The summed E-state index contributed by atoms with van der Waals surface area (Å²) in [6, 6.07) is 0. The third-order valence-corrected chi connectivity index (χ3v) is 12.4. The van der Waals surface area contributed by atoms with Crippen LogP contribution < -0.4 is 0 Å². The molecule has 0 aliphatic carbocycles. The van der Waals surface area contributed by atoms with Crippen molar-refractivity contribution in [1.29, 1.82) is 0 Å². The highest BCUT2D eigenvalue weighted by atomic mass is 32.2. The standard InChI is InChI=1S/C47H90O12S/c1-3-5-7-9-11-13-15-17-18-19-20-21-22-24-26-28-30-32-34-36-43(49)58-40(38-57-47-46(52)45(51)44(50)41(59-47)39-60(53,54)55)37-56-42(48)35-33-31-29-27-25-23-16-14-12-10-8-6-4-2/h40-41,44-47,50-52H,3-39H2,1-2H3,(H,53,54,55). The van der Waals surface area contributed by atoms with Crippen LogP contribution in [0.4, 0.5) is 0 Å². The molecule has 4 N–H and O–H groups in total. The van der Waals surface area contributed by atoms with Crippen molar-refractivity contribution in [2.24, 2.45) is 0 Å². The van der Waals surface area contributed by atoms with Crippen molar-refractivity contribution in [1.82, 2.24) is 0 Å². The summed E-state index contributed by atoms with van der Waals surface area (Å²) in [6.07, 6.45) is 30.0. The maximum Gasteiger partial charge on any atom is 0.306 e. The number of esters is 2. The molecule has 0 aromatic rings. The van der Waals surface area contributed by atoms with Crippen molar-refractivity contribution < 1.29 is 56.8 Å². The van der Waals surface area contributed by atoms with Gasteiger partial charge in [0, 0.05) is 12.8 Å². The summed E-state index contributed by atoms with van der Waals surface area (Å²) in [5.41, 5.74) is 0. The molecule has 12 nitrogen and oxygen atoms in total. The van der Waals surface area contributed by atoms with Crippen molar-refractivity contribution in [3.8, 4) is 0 Å². The van der Waals surface area contributed by atoms with Gasteiger partial charge in [-0.3, -0.25) is 14.1 Å². The molecule has 0 amide bonds. The second kappa shape index (κ2) is 38.1. The Labute approximate surface area is 365 Å². The van der Waals surface area contributed by atoms with E-state index in [0.29, 0.717) is 12.8 Å². The van der Waals surface area contributed by atoms with Crippen LogP contribution in [0.25, 0.3) is 0 Å². The summed E-state index contributed by atoms with van der Waals surface area (Å²) < 4.78 is 54.1. The van der Waals surface area contributed by atoms with Gasteiger partial charge in [0.15, 0.2) is 12.4 Å². The first kappa shape index (κ1) is 56.7. The molecule has 0 spiro atoms. The summed E-state index contributed by atoms with van der Waals surface area (Å²) in [4.78, 5) is 25.4. The van der Waals surface area contributed by atoms with E-state index in [-0.39, 0.29) is 19.4 Å². The highest BCUT2D eigenvalue weighted by Gasteiger charge is 2.46. The first-order valence-electron chi connectivity index (χ1n) is 24.6. The van der Waals surface area contributed by atoms with Gasteiger partial charge >= 0.3 is 11.9 Å². The van der Waals surface area contributed by atoms with Crippen molar-refractivity contribution in [2.75, 3.05) is 19.0 Å². The van der Waals surface area contributed by atoms with Crippen molar-refractivity contribution in [3.05, 3.63) is 0 Å². The van der Waals surface area contributed by atoms with E-state index in [4.69, 9.17) is 18.9 Å². The van der Waals surface area contributed by atoms with Gasteiger partial charge in [-0.15, -0.1) is 0 Å². The molecule has 1 saturated heterocycles. The average Bonchev–Trinajstić information content (AvgIpc) is 3.21. The molecular formula is C47H90O12S. The summed E-state index contributed by atoms with van der Waals surface area (Å²) >= 11 is 0. The molecule has 13 heteroatoms. The van der Waals surface area contributed by atoms with Gasteiger partial charge in [0.25, 0.3) is 10.1 Å². The lowest BCUT2D eigenvalue weighted by atomic mass is 10.00. The van der Waals surface area contributed by atoms with Gasteiger partial charge in [-0.1, -0.05) is 206 Å². The summed E-state index contributed by atoms with van der Waals surface area (Å²) in [5.74, 6) is -1.96. The molecule has 0 radical (unpaired) electrons. The van der Waals surface area contributed by atoms with E-state index < -0.39 is 71.2 Å². The lowest BCUT2D eigenvalue weighted by Crippen LogP contribution is -2.60. The van der Waals surface area contributed by atoms with Crippen LogP contribution in [0.5, 0.6) is 0 Å². The van der Waals surface area contributed by atoms with E-state index in [1.54, 1.807) is 0 Å². The van der Waals surface area contributed by atoms with Gasteiger partial charge < -0.3 is 34.3 Å². The molecule has 0 aromatic carbocycles. The third-order valence-electron chi connectivity index (χ3n) is 11.7. The van der Waals surface area contributed by atoms with Gasteiger partial charge in [0.05, 0.1) is 6.61 Å². The Balaban J connectivity index is 2.37. The molecule has 6 atom stereocenters. The Morgan fingerprint density at radius 3 is 1.22 bits per heavy atom. The molecule has 60 heavy (non-hydrogen) atoms. The third kappa shape index (κ3) is 32.3. The molecule has 0 bridgehead atoms. The number of hydrogen-bond donors (Lipinski definition) is 4. The first-order chi connectivity index (χ1) is 29.0. The normalized spacial score (nSPS) is 20.0. The molecule has 1 heterocycles. The largest absolute Gasteiger partial charge is 0.462 e. The van der Waals surface area contributed by atoms with E-state index in [1.807, 2.05) is 0 Å². The summed E-state index contributed by atoms with van der Waals surface area (Å²) in [5, 5.41) is 30.9. The smallest absolute Gasteiger partial charge is 0.306 e. The van der Waals surface area contributed by atoms with Crippen LogP contribution in [0.2, 0.25) is 0 Å². The zero-order chi connectivity index (χ0) is 44.1. The van der Waals surface area contributed by atoms with Gasteiger partial charge in [-0.25, -0.2) is 0 Å². The number of rotatable bonds is 42. The fraction of sp³-hybridized carbons (Fsp3) is 0.957. The van der Waals surface area contributed by atoms with Gasteiger partial charge in [0.1, 0.15) is 36.8 Å². The van der Waals surface area contributed by atoms with Gasteiger partial charge in [-0.2, -0.15) is 8.42 Å². The number of ether oxygens (including phenoxy) is 4. The molecule has 1 aliphatic rings. The number of aliphatic hydroxyl groups excluding tert-OH is 3. The van der Waals surface area contributed by atoms with Gasteiger partial charge in [-0.05, 0) is 12.8 Å². The zero-order valence-corrected chi connectivity index (χ0v) is 38.9. The van der Waals surface area contributed by atoms with Crippen LogP contribution in [0.3, 0.4) is 0 Å². The van der Waals surface area contributed by atoms with Crippen LogP contribution in [0.1, 0.15) is 232 Å². The highest BCUT2D eigenvalue weighted by molar-refractivity contribution is 7.85. The maximum atomic E-state index is 12.8. The minimum atomic E-state index is -4.60. The summed E-state index contributed by atoms with van der Waals surface area (Å²) in [6.45, 7) is 3.79. The van der Waals surface area contributed by atoms with Crippen molar-refractivity contribution in [3.63, 3.8) is 0 Å². The van der Waals surface area contributed by atoms with Gasteiger partial charge in [0.2, 0.25) is 0 Å². The van der Waals surface area contributed by atoms with Crippen LogP contribution >= 0.6 is 0 Å². The SMILES string of the molecule is CCCCCCCCCCCCCCCCCCCCCC(=O)OC(COC(=O)CCCCCCCCCCCCCCC)COC1OC(CS(=O)(=O)O)C(O)C(O)C1O. The number of unbranched alkanes of at least 4 members (excludes halogenated alkanes) is 30. The number of aliphatic hydroxyl groups is 3. The highest BCUT2D eigenvalue weighted by Crippen LogP contribution is 2.24. The predicted molar refractivity (Wildman–Crippen MR) is 238 cm³/mol. The minimum absolute atomic E-state index is 0.173. The predicted octanol–water partition coefficient (Wildman–Crippen LogP) is 10.5. The second-order valence-corrected chi connectivity index (χ2v) is 19.0. The average molecular weight is 879 g/mol. The van der Waals surface area contributed by atoms with Crippen LogP contribution in [0, 0.1) is 0 Å². The Kier molecular flexibility index (Phi) is 36.0. The lowest BCUT2D eigenvalue weighted by molar-refractivity contribution is -0.297. The zero-order valence-electron chi connectivity index (χ0n) is 38.1. The van der Waals surface area contributed by atoms with E-state index in [0.717, 1.165) is 38.5 Å². The molecule has 0 aromatic heterocycles. The molecule has 0 saturated carbocycles. The van der Waals surface area contributed by atoms with Crippen LogP contribution in [0.15, 0.2) is 0 Å². The number of carbonyl (C=O) groups is 2. The monoisotopic (exact) mass is 879 g/mol. The van der Waals surface area contributed by atoms with Crippen LogP contribution in [-0.4, -0.2) is 96.0 Å². The molecule has 1 fully saturated rings. The lowest BCUT2D eigenvalue weighted by Gasteiger charge is -2.40. The fourth-order valence-electron chi connectivity index (χ4n) is 7.86. The first-order valence-corrected chi connectivity index (χ1v) is 26.2. The maximum absolute atomic E-state index is 12.8. The molecular weight excluding hydrogens is 789 g/mol. The number of hydrogen-bond acceptors (Lipinski definition) is 11. The quantitative estimate of drug-likeness (QED) is 0.0259. The Bertz CT molecular complexity index is 1120. The van der Waals surface area contributed by atoms with E-state index in [1.165, 1.54) is 154 Å². The molecule has 6 unspecified atom stereocenters. The molecule has 1 rings (SSSR count). The van der Waals surface area contributed by atoms with Crippen molar-refractivity contribution in [2.45, 2.75) is 269 Å². The van der Waals surface area contributed by atoms with Crippen molar-refractivity contribution >= 4 is 22.1 Å². The van der Waals surface area contributed by atoms with E-state index in [9.17, 15) is 37.9 Å². The fourth-order valence-corrected chi connectivity index (χ4v) is 8.55. The second-order valence-electron chi connectivity index (χ2n) is 17.5. The molecule has 356 valence electrons. The molecule has 1 aliphatic heterocycles. The topological polar surface area (TPSA) is 186 Å².